The zero-order valence-corrected chi connectivity index (χ0v) is 28.4. The highest BCUT2D eigenvalue weighted by atomic mass is 16.4. The number of aliphatic carboxylic acids is 2. The van der Waals surface area contributed by atoms with E-state index in [0.29, 0.717) is 0 Å². The third kappa shape index (κ3) is 46.1. The van der Waals surface area contributed by atoms with Crippen molar-refractivity contribution in [3.05, 3.63) is 85.1 Å². The fourth-order valence-electron chi connectivity index (χ4n) is 4.30. The summed E-state index contributed by atoms with van der Waals surface area (Å²) in [6.45, 7) is 4.50. The minimum absolute atomic E-state index is 0.262. The summed E-state index contributed by atoms with van der Waals surface area (Å²) in [6, 6.07) is 0. The van der Waals surface area contributed by atoms with Crippen molar-refractivity contribution in [2.75, 3.05) is 0 Å². The van der Waals surface area contributed by atoms with Crippen molar-refractivity contribution in [3.63, 3.8) is 0 Å². The highest BCUT2D eigenvalue weighted by molar-refractivity contribution is 5.80. The first kappa shape index (κ1) is 43.2. The van der Waals surface area contributed by atoms with Crippen LogP contribution in [-0.4, -0.2) is 22.2 Å². The first-order chi connectivity index (χ1) is 21.5. The predicted octanol–water partition coefficient (Wildman–Crippen LogP) is 12.7. The Morgan fingerprint density at radius 1 is 0.432 bits per heavy atom. The van der Waals surface area contributed by atoms with E-state index in [1.165, 1.54) is 102 Å². The molecule has 0 spiro atoms. The maximum atomic E-state index is 10.3. The maximum Gasteiger partial charge on any atom is 0.328 e. The van der Waals surface area contributed by atoms with Gasteiger partial charge in [0, 0.05) is 12.5 Å². The molecule has 0 amide bonds. The number of allylic oxidation sites excluding steroid dienone is 13. The molecule has 0 bridgehead atoms. The van der Waals surface area contributed by atoms with E-state index in [4.69, 9.17) is 10.2 Å². The number of hydrogen-bond acceptors (Lipinski definition) is 2. The Morgan fingerprint density at radius 2 is 0.818 bits per heavy atom. The van der Waals surface area contributed by atoms with Gasteiger partial charge in [0.1, 0.15) is 0 Å². The van der Waals surface area contributed by atoms with Crippen LogP contribution in [0.2, 0.25) is 0 Å². The molecule has 4 nitrogen and oxygen atoms in total. The van der Waals surface area contributed by atoms with Gasteiger partial charge in [0.05, 0.1) is 0 Å². The summed E-state index contributed by atoms with van der Waals surface area (Å²) in [7, 11) is 0. The van der Waals surface area contributed by atoms with Crippen LogP contribution in [0, 0.1) is 0 Å². The molecular weight excluding hydrogens is 544 g/mol. The van der Waals surface area contributed by atoms with E-state index in [9.17, 15) is 9.59 Å². The normalized spacial score (nSPS) is 12.2. The topological polar surface area (TPSA) is 74.6 Å². The molecule has 0 radical (unpaired) electrons. The van der Waals surface area contributed by atoms with Crippen LogP contribution in [0.25, 0.3) is 0 Å². The molecule has 0 fully saturated rings. The van der Waals surface area contributed by atoms with E-state index in [1.54, 1.807) is 6.08 Å². The Hall–Kier alpha value is -2.88. The molecule has 0 saturated carbocycles. The van der Waals surface area contributed by atoms with Gasteiger partial charge in [0.15, 0.2) is 0 Å². The van der Waals surface area contributed by atoms with Crippen molar-refractivity contribution in [2.24, 2.45) is 0 Å². The molecule has 0 aliphatic rings. The Bertz CT molecular complexity index is 826. The SMILES string of the molecule is CCCCC/C=C/C/C=C/C/C=C/C/C=C/CCCC(=O)O.CCCCCCCCCCCCC/C=C/C=C/C=C/C(=O)O. The zero-order chi connectivity index (χ0) is 32.6. The van der Waals surface area contributed by atoms with Crippen LogP contribution in [0.15, 0.2) is 85.1 Å². The second-order valence-electron chi connectivity index (χ2n) is 11.2. The summed E-state index contributed by atoms with van der Waals surface area (Å²) in [5.41, 5.74) is 0. The van der Waals surface area contributed by atoms with Gasteiger partial charge in [-0.2, -0.15) is 0 Å². The Morgan fingerprint density at radius 3 is 1.32 bits per heavy atom. The Labute approximate surface area is 271 Å². The van der Waals surface area contributed by atoms with E-state index in [2.05, 4.69) is 68.5 Å². The van der Waals surface area contributed by atoms with E-state index in [-0.39, 0.29) is 6.42 Å². The van der Waals surface area contributed by atoms with Crippen molar-refractivity contribution in [3.8, 4) is 0 Å². The molecule has 0 unspecified atom stereocenters. The smallest absolute Gasteiger partial charge is 0.328 e. The van der Waals surface area contributed by atoms with Gasteiger partial charge in [0.2, 0.25) is 0 Å². The molecular formula is C40H66O4. The molecule has 0 atom stereocenters. The molecule has 2 N–H and O–H groups in total. The lowest BCUT2D eigenvalue weighted by Gasteiger charge is -2.01. The van der Waals surface area contributed by atoms with Crippen LogP contribution in [0.4, 0.5) is 0 Å². The number of rotatable bonds is 29. The fraction of sp³-hybridized carbons (Fsp3) is 0.600. The van der Waals surface area contributed by atoms with Gasteiger partial charge in [0.25, 0.3) is 0 Å². The summed E-state index contributed by atoms with van der Waals surface area (Å²) in [4.78, 5) is 20.5. The molecule has 0 saturated heterocycles. The predicted molar refractivity (Wildman–Crippen MR) is 192 cm³/mol. The van der Waals surface area contributed by atoms with Crippen LogP contribution < -0.4 is 0 Å². The zero-order valence-electron chi connectivity index (χ0n) is 28.4. The average Bonchev–Trinajstić information content (AvgIpc) is 3.00. The molecule has 0 aromatic rings. The van der Waals surface area contributed by atoms with Gasteiger partial charge in [-0.05, 0) is 57.8 Å². The third-order valence-corrected chi connectivity index (χ3v) is 6.90. The van der Waals surface area contributed by atoms with Crippen molar-refractivity contribution in [2.45, 2.75) is 155 Å². The molecule has 250 valence electrons. The van der Waals surface area contributed by atoms with Crippen molar-refractivity contribution in [1.82, 2.24) is 0 Å². The lowest BCUT2D eigenvalue weighted by molar-refractivity contribution is -0.137. The number of unbranched alkanes of at least 4 members (excludes halogenated alkanes) is 15. The molecule has 0 aromatic carbocycles. The minimum atomic E-state index is -0.908. The molecule has 4 heteroatoms. The lowest BCUT2D eigenvalue weighted by Crippen LogP contribution is -1.92. The summed E-state index contributed by atoms with van der Waals surface area (Å²) in [5, 5.41) is 16.9. The standard InChI is InChI=1S/C20H34O2.C20H32O2/c2*1-2-3-4-5-6-7-8-9-10-11-12-13-14-15-16-17-18-19-20(21)22/h14-19H,2-13H2,1H3,(H,21,22);6-7,9-10,12-13,15-16H,2-5,8,11,14,17-19H2,1H3,(H,21,22)/b15-14+,17-16+,19-18+;7-6+,10-9+,13-12+,16-15+. The minimum Gasteiger partial charge on any atom is -0.481 e. The monoisotopic (exact) mass is 610 g/mol. The van der Waals surface area contributed by atoms with Gasteiger partial charge in [-0.25, -0.2) is 4.79 Å². The number of carboxylic acids is 2. The molecule has 0 aromatic heterocycles. The van der Waals surface area contributed by atoms with Gasteiger partial charge >= 0.3 is 11.9 Å². The summed E-state index contributed by atoms with van der Waals surface area (Å²) < 4.78 is 0. The summed E-state index contributed by atoms with van der Waals surface area (Å²) in [6.07, 6.45) is 54.0. The van der Waals surface area contributed by atoms with Gasteiger partial charge in [-0.3, -0.25) is 4.79 Å². The quantitative estimate of drug-likeness (QED) is 0.0382. The van der Waals surface area contributed by atoms with Crippen molar-refractivity contribution >= 4 is 11.9 Å². The van der Waals surface area contributed by atoms with Crippen LogP contribution in [0.5, 0.6) is 0 Å². The average molecular weight is 611 g/mol. The van der Waals surface area contributed by atoms with E-state index < -0.39 is 11.9 Å². The van der Waals surface area contributed by atoms with E-state index in [1.807, 2.05) is 12.2 Å². The summed E-state index contributed by atoms with van der Waals surface area (Å²) >= 11 is 0. The Kier molecular flexibility index (Phi) is 39.4. The van der Waals surface area contributed by atoms with Crippen LogP contribution >= 0.6 is 0 Å². The van der Waals surface area contributed by atoms with E-state index >= 15 is 0 Å². The van der Waals surface area contributed by atoms with Crippen LogP contribution in [0.3, 0.4) is 0 Å². The Balaban J connectivity index is 0. The highest BCUT2D eigenvalue weighted by Gasteiger charge is 1.93. The number of carbonyl (C=O) groups is 2. The lowest BCUT2D eigenvalue weighted by atomic mass is 10.1. The fourth-order valence-corrected chi connectivity index (χ4v) is 4.30. The van der Waals surface area contributed by atoms with Gasteiger partial charge in [-0.1, -0.05) is 170 Å². The molecule has 44 heavy (non-hydrogen) atoms. The molecule has 0 rings (SSSR count). The van der Waals surface area contributed by atoms with Crippen LogP contribution in [-0.2, 0) is 9.59 Å². The van der Waals surface area contributed by atoms with Crippen molar-refractivity contribution in [1.29, 1.82) is 0 Å². The first-order valence-corrected chi connectivity index (χ1v) is 17.6. The molecule has 0 heterocycles. The number of hydrogen-bond donors (Lipinski definition) is 2. The van der Waals surface area contributed by atoms with Crippen molar-refractivity contribution < 1.29 is 19.8 Å². The number of carboxylic acid groups (broad SMARTS) is 2. The molecule has 0 aliphatic heterocycles. The van der Waals surface area contributed by atoms with Gasteiger partial charge in [-0.15, -0.1) is 0 Å². The largest absolute Gasteiger partial charge is 0.481 e. The van der Waals surface area contributed by atoms with E-state index in [0.717, 1.165) is 44.6 Å². The summed E-state index contributed by atoms with van der Waals surface area (Å²) in [5.74, 6) is -1.62. The maximum absolute atomic E-state index is 10.3. The first-order valence-electron chi connectivity index (χ1n) is 17.6. The van der Waals surface area contributed by atoms with Crippen LogP contribution in [0.1, 0.15) is 155 Å². The third-order valence-electron chi connectivity index (χ3n) is 6.90. The second-order valence-corrected chi connectivity index (χ2v) is 11.2. The van der Waals surface area contributed by atoms with Gasteiger partial charge < -0.3 is 10.2 Å². The highest BCUT2D eigenvalue weighted by Crippen LogP contribution is 2.12. The molecule has 0 aliphatic carbocycles. The second kappa shape index (κ2) is 40.1.